The topological polar surface area (TPSA) is 46.2 Å². The second-order valence-electron chi connectivity index (χ2n) is 2.59. The molecule has 0 aliphatic rings. The van der Waals surface area contributed by atoms with Gasteiger partial charge in [-0.25, -0.2) is 0 Å². The molecule has 0 spiro atoms. The molecular weight excluding hydrogens is 390 g/mol. The molecule has 14 heavy (non-hydrogen) atoms. The number of rotatable bonds is 3. The van der Waals surface area contributed by atoms with Crippen molar-refractivity contribution in [1.82, 2.24) is 5.32 Å². The van der Waals surface area contributed by atoms with Gasteiger partial charge in [0.2, 0.25) is 0 Å². The summed E-state index contributed by atoms with van der Waals surface area (Å²) in [5.74, 6) is -0.181. The van der Waals surface area contributed by atoms with Crippen LogP contribution in [-0.2, 0) is 30.9 Å². The maximum atomic E-state index is 11.3. The van der Waals surface area contributed by atoms with Crippen LogP contribution in [0.2, 0.25) is 0 Å². The number of nitrogens with one attached hydrogen (secondary N) is 1. The molecule has 1 aromatic carbocycles. The first-order valence-corrected chi connectivity index (χ1v) is 6.63. The molecule has 5 heteroatoms. The van der Waals surface area contributed by atoms with E-state index in [0.29, 0.717) is 5.56 Å². The number of carbonyl (C=O) groups is 2. The third kappa shape index (κ3) is 4.72. The number of amides is 1. The molecule has 3 nitrogen and oxygen atoms in total. The molecule has 0 aliphatic carbocycles. The van der Waals surface area contributed by atoms with Gasteiger partial charge in [0.1, 0.15) is 0 Å². The van der Waals surface area contributed by atoms with E-state index in [4.69, 9.17) is 0 Å². The van der Waals surface area contributed by atoms with E-state index in [9.17, 15) is 9.59 Å². The predicted molar refractivity (Wildman–Crippen MR) is 51.0 cm³/mol. The monoisotopic (exact) mass is 400 g/mol. The molecule has 0 fully saturated rings. The normalized spacial score (nSPS) is 8.71. The second-order valence-corrected chi connectivity index (χ2v) is 5.65. The summed E-state index contributed by atoms with van der Waals surface area (Å²) in [5, 5.41) is 2.56. The van der Waals surface area contributed by atoms with Crippen LogP contribution in [0.4, 0.5) is 0 Å². The molecule has 0 aliphatic heterocycles. The van der Waals surface area contributed by atoms with Gasteiger partial charge in [0.25, 0.3) is 0 Å². The van der Waals surface area contributed by atoms with Gasteiger partial charge in [-0.15, -0.1) is 12.4 Å². The number of hydrogen-bond donors (Lipinski definition) is 1. The minimum absolute atomic E-state index is 0. The van der Waals surface area contributed by atoms with Crippen molar-refractivity contribution < 1.29 is 35.7 Å². The zero-order chi connectivity index (χ0) is 9.68. The molecule has 0 aromatic heterocycles. The summed E-state index contributed by atoms with van der Waals surface area (Å²) < 4.78 is 0.143. The van der Waals surface area contributed by atoms with Crippen molar-refractivity contribution in [3.63, 3.8) is 0 Å². The van der Waals surface area contributed by atoms with Gasteiger partial charge in [-0.1, -0.05) is 0 Å². The van der Waals surface area contributed by atoms with E-state index in [0.717, 1.165) is 0 Å². The van der Waals surface area contributed by atoms with Gasteiger partial charge in [-0.3, -0.25) is 0 Å². The van der Waals surface area contributed by atoms with Gasteiger partial charge in [-0.05, 0) is 0 Å². The van der Waals surface area contributed by atoms with E-state index < -0.39 is 0 Å². The Morgan fingerprint density at radius 1 is 1.21 bits per heavy atom. The van der Waals surface area contributed by atoms with E-state index in [-0.39, 0.29) is 54.3 Å². The summed E-state index contributed by atoms with van der Waals surface area (Å²) in [6.07, 6.45) is 0. The Kier molecular flexibility index (Phi) is 6.75. The average Bonchev–Trinajstić information content (AvgIpc) is 2.15. The van der Waals surface area contributed by atoms with Gasteiger partial charge >= 0.3 is 92.7 Å². The fraction of sp³-hybridized carbons (Fsp3) is 0.111. The van der Waals surface area contributed by atoms with Crippen LogP contribution >= 0.6 is 12.4 Å². The molecule has 0 radical (unpaired) electrons. The van der Waals surface area contributed by atoms with Crippen LogP contribution in [0, 0.1) is 0 Å². The fourth-order valence-corrected chi connectivity index (χ4v) is 1.36. The SMILES string of the molecule is Cl.O=[C]([Hg])CNC(=O)c1ccccc1. The zero-order valence-electron chi connectivity index (χ0n) is 7.53. The first-order chi connectivity index (χ1) is 6.20. The van der Waals surface area contributed by atoms with E-state index in [1.54, 1.807) is 24.3 Å². The summed E-state index contributed by atoms with van der Waals surface area (Å²) in [7, 11) is 0. The van der Waals surface area contributed by atoms with Crippen LogP contribution in [0.3, 0.4) is 0 Å². The van der Waals surface area contributed by atoms with Gasteiger partial charge in [-0.2, -0.15) is 0 Å². The fourth-order valence-electron chi connectivity index (χ4n) is 0.870. The molecule has 1 N–H and O–H groups in total. The van der Waals surface area contributed by atoms with Crippen LogP contribution in [0.5, 0.6) is 0 Å². The van der Waals surface area contributed by atoms with Gasteiger partial charge < -0.3 is 0 Å². The second kappa shape index (κ2) is 6.95. The van der Waals surface area contributed by atoms with Crippen molar-refractivity contribution >= 4 is 21.6 Å². The number of halogens is 1. The van der Waals surface area contributed by atoms with Crippen molar-refractivity contribution in [3.05, 3.63) is 35.9 Å². The van der Waals surface area contributed by atoms with Crippen molar-refractivity contribution in [2.45, 2.75) is 0 Å². The molecule has 0 atom stereocenters. The van der Waals surface area contributed by atoms with E-state index in [1.807, 2.05) is 6.07 Å². The van der Waals surface area contributed by atoms with E-state index in [2.05, 4.69) is 5.32 Å². The standard InChI is InChI=1S/C9H8NO2.ClH.Hg/c11-7-6-10-9(12)8-4-2-1-3-5-8;;/h1-5H,6H2,(H,10,12);1H;. The number of carbonyl (C=O) groups excluding carboxylic acids is 2. The maximum absolute atomic E-state index is 11.3. The van der Waals surface area contributed by atoms with Gasteiger partial charge in [0.05, 0.1) is 0 Å². The first-order valence-electron chi connectivity index (χ1n) is 3.88. The predicted octanol–water partition coefficient (Wildman–Crippen LogP) is 0.912. The Morgan fingerprint density at radius 3 is 2.29 bits per heavy atom. The molecule has 1 aromatic rings. The molecule has 0 saturated carbocycles. The van der Waals surface area contributed by atoms with Crippen LogP contribution in [0.1, 0.15) is 10.4 Å². The Hall–Kier alpha value is -0.415. The van der Waals surface area contributed by atoms with Crippen molar-refractivity contribution in [1.29, 1.82) is 0 Å². The van der Waals surface area contributed by atoms with Crippen molar-refractivity contribution in [2.24, 2.45) is 0 Å². The summed E-state index contributed by atoms with van der Waals surface area (Å²) >= 11 is 0.102. The third-order valence-electron chi connectivity index (χ3n) is 1.48. The Bertz CT molecular complexity index is 316. The number of benzene rings is 1. The minimum atomic E-state index is -0.181. The van der Waals surface area contributed by atoms with E-state index >= 15 is 0 Å². The molecule has 71 valence electrons. The Morgan fingerprint density at radius 2 is 1.79 bits per heavy atom. The Labute approximate surface area is 105 Å². The van der Waals surface area contributed by atoms with Crippen molar-refractivity contribution in [2.75, 3.05) is 6.54 Å². The Balaban J connectivity index is 0.00000169. The summed E-state index contributed by atoms with van der Waals surface area (Å²) in [4.78, 5) is 22.0. The van der Waals surface area contributed by atoms with Crippen molar-refractivity contribution in [3.8, 4) is 0 Å². The van der Waals surface area contributed by atoms with Gasteiger partial charge in [0, 0.05) is 0 Å². The molecule has 1 rings (SSSR count). The average molecular weight is 399 g/mol. The van der Waals surface area contributed by atoms with Crippen LogP contribution in [0.25, 0.3) is 0 Å². The quantitative estimate of drug-likeness (QED) is 0.769. The molecule has 0 unspecified atom stereocenters. The molecule has 0 heterocycles. The zero-order valence-corrected chi connectivity index (χ0v) is 13.8. The molecule has 0 bridgehead atoms. The molecule has 0 saturated heterocycles. The van der Waals surface area contributed by atoms with Gasteiger partial charge in [0.15, 0.2) is 0 Å². The number of hydrogen-bond acceptors (Lipinski definition) is 2. The third-order valence-corrected chi connectivity index (χ3v) is 2.45. The van der Waals surface area contributed by atoms with Crippen LogP contribution in [0.15, 0.2) is 30.3 Å². The summed E-state index contributed by atoms with van der Waals surface area (Å²) in [5.41, 5.74) is 0.595. The molecular formula is C9H9ClHgNO2. The molecule has 1 amide bonds. The summed E-state index contributed by atoms with van der Waals surface area (Å²) in [6.45, 7) is 0.177. The first kappa shape index (κ1) is 13.6. The van der Waals surface area contributed by atoms with E-state index in [1.165, 1.54) is 0 Å². The van der Waals surface area contributed by atoms with Crippen LogP contribution < -0.4 is 5.32 Å². The summed E-state index contributed by atoms with van der Waals surface area (Å²) in [6, 6.07) is 8.87. The van der Waals surface area contributed by atoms with Crippen LogP contribution in [-0.4, -0.2) is 15.7 Å².